The molecule has 2 aromatic carbocycles. The Morgan fingerprint density at radius 2 is 1.90 bits per heavy atom. The summed E-state index contributed by atoms with van der Waals surface area (Å²) in [4.78, 5) is 13.5. The minimum atomic E-state index is -0.488. The van der Waals surface area contributed by atoms with E-state index in [1.807, 2.05) is 0 Å². The van der Waals surface area contributed by atoms with Gasteiger partial charge in [0, 0.05) is 12.7 Å². The van der Waals surface area contributed by atoms with Crippen molar-refractivity contribution in [3.8, 4) is 0 Å². The van der Waals surface area contributed by atoms with Crippen LogP contribution in [0, 0.1) is 11.6 Å². The van der Waals surface area contributed by atoms with Gasteiger partial charge in [-0.2, -0.15) is 0 Å². The summed E-state index contributed by atoms with van der Waals surface area (Å²) in [6.07, 6.45) is 0. The topological polar surface area (TPSA) is 58.4 Å². The van der Waals surface area contributed by atoms with Gasteiger partial charge in [0.05, 0.1) is 17.9 Å². The van der Waals surface area contributed by atoms with E-state index in [-0.39, 0.29) is 29.6 Å². The Bertz CT molecular complexity index is 661. The lowest BCUT2D eigenvalue weighted by Crippen LogP contribution is -2.30. The minimum absolute atomic E-state index is 0.0145. The maximum atomic E-state index is 13.1. The number of nitrogens with zero attached hydrogens (tertiary/aromatic N) is 1. The predicted molar refractivity (Wildman–Crippen MR) is 79.1 cm³/mol. The normalized spacial score (nSPS) is 10.2. The van der Waals surface area contributed by atoms with E-state index in [9.17, 15) is 13.6 Å². The number of likely N-dealkylation sites (N-methyl/N-ethyl adjacent to an activating group) is 1. The van der Waals surface area contributed by atoms with Crippen LogP contribution in [0.15, 0.2) is 42.5 Å². The van der Waals surface area contributed by atoms with Gasteiger partial charge in [-0.15, -0.1) is 0 Å². The molecular formula is C15H15F2N3O. The van der Waals surface area contributed by atoms with Gasteiger partial charge in [0.15, 0.2) is 0 Å². The molecule has 0 aliphatic heterocycles. The van der Waals surface area contributed by atoms with E-state index in [1.165, 1.54) is 24.3 Å². The lowest BCUT2D eigenvalue weighted by molar-refractivity contribution is -0.114. The van der Waals surface area contributed by atoms with Crippen molar-refractivity contribution in [2.24, 2.45) is 0 Å². The zero-order valence-corrected chi connectivity index (χ0v) is 11.4. The van der Waals surface area contributed by atoms with Crippen molar-refractivity contribution in [3.05, 3.63) is 54.1 Å². The van der Waals surface area contributed by atoms with Crippen LogP contribution in [0.4, 0.5) is 25.8 Å². The maximum absolute atomic E-state index is 13.1. The lowest BCUT2D eigenvalue weighted by Gasteiger charge is -2.19. The molecule has 0 radical (unpaired) electrons. The molecule has 2 rings (SSSR count). The maximum Gasteiger partial charge on any atom is 0.243 e. The number of rotatable bonds is 4. The smallest absolute Gasteiger partial charge is 0.243 e. The molecule has 1 amide bonds. The summed E-state index contributed by atoms with van der Waals surface area (Å²) in [6.45, 7) is -0.0145. The number of anilines is 3. The van der Waals surface area contributed by atoms with Gasteiger partial charge in [-0.3, -0.25) is 4.79 Å². The fourth-order valence-electron chi connectivity index (χ4n) is 1.85. The quantitative estimate of drug-likeness (QED) is 0.851. The van der Waals surface area contributed by atoms with Crippen LogP contribution < -0.4 is 16.0 Å². The summed E-state index contributed by atoms with van der Waals surface area (Å²) in [5.74, 6) is -1.24. The van der Waals surface area contributed by atoms with Crippen LogP contribution in [0.3, 0.4) is 0 Å². The van der Waals surface area contributed by atoms with Crippen molar-refractivity contribution in [2.45, 2.75) is 0 Å². The molecule has 0 unspecified atom stereocenters. The predicted octanol–water partition coefficient (Wildman–Crippen LogP) is 2.62. The highest BCUT2D eigenvalue weighted by atomic mass is 19.1. The number of benzene rings is 2. The zero-order valence-electron chi connectivity index (χ0n) is 11.4. The standard InChI is InChI=1S/C15H15F2N3O/c1-20(12-4-2-3-10(16)7-12)9-15(21)19-14-8-11(17)5-6-13(14)18/h2-8H,9,18H2,1H3,(H,19,21). The highest BCUT2D eigenvalue weighted by Gasteiger charge is 2.10. The molecule has 0 aliphatic rings. The van der Waals surface area contributed by atoms with Crippen molar-refractivity contribution in [1.29, 1.82) is 0 Å². The molecule has 0 bridgehead atoms. The Hall–Kier alpha value is -2.63. The summed E-state index contributed by atoms with van der Waals surface area (Å²) in [5.41, 5.74) is 6.71. The van der Waals surface area contributed by atoms with E-state index >= 15 is 0 Å². The third kappa shape index (κ3) is 3.92. The Balaban J connectivity index is 2.03. The van der Waals surface area contributed by atoms with Crippen molar-refractivity contribution >= 4 is 23.0 Å². The number of halogens is 2. The largest absolute Gasteiger partial charge is 0.397 e. The van der Waals surface area contributed by atoms with Crippen LogP contribution in [0.2, 0.25) is 0 Å². The molecule has 4 nitrogen and oxygen atoms in total. The Morgan fingerprint density at radius 3 is 2.62 bits per heavy atom. The average Bonchev–Trinajstić information content (AvgIpc) is 2.42. The molecular weight excluding hydrogens is 276 g/mol. The number of carbonyl (C=O) groups is 1. The molecule has 0 heterocycles. The molecule has 21 heavy (non-hydrogen) atoms. The molecule has 6 heteroatoms. The third-order valence-electron chi connectivity index (χ3n) is 2.92. The monoisotopic (exact) mass is 291 g/mol. The third-order valence-corrected chi connectivity index (χ3v) is 2.92. The molecule has 0 spiro atoms. The first-order valence-electron chi connectivity index (χ1n) is 6.27. The summed E-state index contributed by atoms with van der Waals surface area (Å²) < 4.78 is 26.2. The molecule has 110 valence electrons. The Morgan fingerprint density at radius 1 is 1.19 bits per heavy atom. The van der Waals surface area contributed by atoms with Crippen LogP contribution in [-0.2, 0) is 4.79 Å². The van der Waals surface area contributed by atoms with Gasteiger partial charge in [0.1, 0.15) is 11.6 Å². The van der Waals surface area contributed by atoms with Crippen molar-refractivity contribution in [3.63, 3.8) is 0 Å². The molecule has 2 aromatic rings. The zero-order chi connectivity index (χ0) is 15.4. The summed E-state index contributed by atoms with van der Waals surface area (Å²) in [7, 11) is 1.66. The summed E-state index contributed by atoms with van der Waals surface area (Å²) in [6, 6.07) is 9.63. The highest BCUT2D eigenvalue weighted by Crippen LogP contribution is 2.19. The van der Waals surface area contributed by atoms with E-state index in [2.05, 4.69) is 5.32 Å². The average molecular weight is 291 g/mol. The number of nitrogens with one attached hydrogen (secondary N) is 1. The fraction of sp³-hybridized carbons (Fsp3) is 0.133. The number of amides is 1. The highest BCUT2D eigenvalue weighted by molar-refractivity contribution is 5.96. The first-order chi connectivity index (χ1) is 9.95. The molecule has 0 fully saturated rings. The van der Waals surface area contributed by atoms with Crippen molar-refractivity contribution in [2.75, 3.05) is 29.5 Å². The van der Waals surface area contributed by atoms with Gasteiger partial charge in [-0.25, -0.2) is 8.78 Å². The van der Waals surface area contributed by atoms with E-state index in [1.54, 1.807) is 24.1 Å². The molecule has 0 aromatic heterocycles. The molecule has 3 N–H and O–H groups in total. The number of nitrogen functional groups attached to an aromatic ring is 1. The molecule has 0 saturated carbocycles. The van der Waals surface area contributed by atoms with E-state index in [4.69, 9.17) is 5.73 Å². The summed E-state index contributed by atoms with van der Waals surface area (Å²) >= 11 is 0. The van der Waals surface area contributed by atoms with E-state index in [0.717, 1.165) is 6.07 Å². The van der Waals surface area contributed by atoms with Gasteiger partial charge < -0.3 is 16.0 Å². The summed E-state index contributed by atoms with van der Waals surface area (Å²) in [5, 5.41) is 2.53. The number of nitrogens with two attached hydrogens (primary N) is 1. The second kappa shape index (κ2) is 6.21. The molecule has 0 aliphatic carbocycles. The van der Waals surface area contributed by atoms with Crippen LogP contribution >= 0.6 is 0 Å². The first-order valence-corrected chi connectivity index (χ1v) is 6.27. The molecule has 0 saturated heterocycles. The fourth-order valence-corrected chi connectivity index (χ4v) is 1.85. The number of hydrogen-bond donors (Lipinski definition) is 2. The van der Waals surface area contributed by atoms with Crippen LogP contribution in [0.1, 0.15) is 0 Å². The van der Waals surface area contributed by atoms with Crippen LogP contribution in [-0.4, -0.2) is 19.5 Å². The van der Waals surface area contributed by atoms with Crippen molar-refractivity contribution in [1.82, 2.24) is 0 Å². The van der Waals surface area contributed by atoms with Gasteiger partial charge in [0.2, 0.25) is 5.91 Å². The van der Waals surface area contributed by atoms with Crippen LogP contribution in [0.5, 0.6) is 0 Å². The van der Waals surface area contributed by atoms with Gasteiger partial charge in [-0.1, -0.05) is 6.07 Å². The van der Waals surface area contributed by atoms with Gasteiger partial charge in [-0.05, 0) is 36.4 Å². The van der Waals surface area contributed by atoms with E-state index < -0.39 is 5.82 Å². The molecule has 0 atom stereocenters. The second-order valence-electron chi connectivity index (χ2n) is 4.62. The number of carbonyl (C=O) groups excluding carboxylic acids is 1. The van der Waals surface area contributed by atoms with Gasteiger partial charge in [0.25, 0.3) is 0 Å². The van der Waals surface area contributed by atoms with E-state index in [0.29, 0.717) is 5.69 Å². The number of hydrogen-bond acceptors (Lipinski definition) is 3. The Kier molecular flexibility index (Phi) is 4.37. The SMILES string of the molecule is CN(CC(=O)Nc1cc(F)ccc1N)c1cccc(F)c1. The lowest BCUT2D eigenvalue weighted by atomic mass is 10.2. The Labute approximate surface area is 121 Å². The first kappa shape index (κ1) is 14.8. The minimum Gasteiger partial charge on any atom is -0.397 e. The second-order valence-corrected chi connectivity index (χ2v) is 4.62. The van der Waals surface area contributed by atoms with Gasteiger partial charge >= 0.3 is 0 Å². The van der Waals surface area contributed by atoms with Crippen LogP contribution in [0.25, 0.3) is 0 Å². The van der Waals surface area contributed by atoms with Crippen molar-refractivity contribution < 1.29 is 13.6 Å².